The number of urea groups is 1. The lowest BCUT2D eigenvalue weighted by Crippen LogP contribution is -2.28. The van der Waals surface area contributed by atoms with Crippen molar-refractivity contribution in [3.05, 3.63) is 5.82 Å². The second kappa shape index (κ2) is 3.00. The lowest BCUT2D eigenvalue weighted by molar-refractivity contribution is 0.213. The van der Waals surface area contributed by atoms with E-state index in [-0.39, 0.29) is 6.03 Å². The number of hydrogen-bond donors (Lipinski definition) is 1. The Balaban J connectivity index is 2.06. The fourth-order valence-corrected chi connectivity index (χ4v) is 1.21. The summed E-state index contributed by atoms with van der Waals surface area (Å²) in [6, 6.07) is -0.0528. The quantitative estimate of drug-likeness (QED) is 0.619. The summed E-state index contributed by atoms with van der Waals surface area (Å²) in [6.07, 6.45) is 0. The highest BCUT2D eigenvalue weighted by molar-refractivity contribution is 5.75. The molecular weight excluding hydrogens is 172 g/mol. The second-order valence-electron chi connectivity index (χ2n) is 2.87. The van der Waals surface area contributed by atoms with Crippen LogP contribution < -0.4 is 5.32 Å². The molecule has 1 aliphatic heterocycles. The Morgan fingerprint density at radius 1 is 1.62 bits per heavy atom. The van der Waals surface area contributed by atoms with Gasteiger partial charge in [-0.05, 0) is 10.4 Å². The van der Waals surface area contributed by atoms with E-state index >= 15 is 0 Å². The molecule has 0 aliphatic carbocycles. The van der Waals surface area contributed by atoms with Crippen LogP contribution in [0.3, 0.4) is 0 Å². The van der Waals surface area contributed by atoms with Crippen molar-refractivity contribution in [1.82, 2.24) is 30.4 Å². The molecule has 0 atom stereocenters. The highest BCUT2D eigenvalue weighted by atomic mass is 16.2. The summed E-state index contributed by atoms with van der Waals surface area (Å²) in [6.45, 7) is 1.88. The molecule has 7 nitrogen and oxygen atoms in total. The van der Waals surface area contributed by atoms with E-state index in [2.05, 4.69) is 20.8 Å². The van der Waals surface area contributed by atoms with Gasteiger partial charge in [-0.15, -0.1) is 5.10 Å². The van der Waals surface area contributed by atoms with Gasteiger partial charge in [-0.25, -0.2) is 9.48 Å². The van der Waals surface area contributed by atoms with Crippen LogP contribution in [-0.4, -0.2) is 44.2 Å². The van der Waals surface area contributed by atoms with E-state index in [0.717, 1.165) is 0 Å². The zero-order valence-corrected chi connectivity index (χ0v) is 7.27. The van der Waals surface area contributed by atoms with Gasteiger partial charge in [0.05, 0.1) is 6.54 Å². The zero-order chi connectivity index (χ0) is 9.26. The molecule has 1 fully saturated rings. The first-order valence-corrected chi connectivity index (χ1v) is 4.01. The van der Waals surface area contributed by atoms with E-state index in [1.165, 1.54) is 0 Å². The third-order valence-corrected chi connectivity index (χ3v) is 1.99. The number of aryl methyl sites for hydroxylation is 1. The van der Waals surface area contributed by atoms with Crippen LogP contribution in [0.15, 0.2) is 0 Å². The lowest BCUT2D eigenvalue weighted by atomic mass is 10.5. The molecule has 0 unspecified atom stereocenters. The first-order valence-electron chi connectivity index (χ1n) is 4.01. The molecule has 0 saturated carbocycles. The molecule has 0 aromatic carbocycles. The molecule has 0 bridgehead atoms. The smallest absolute Gasteiger partial charge is 0.317 e. The summed E-state index contributed by atoms with van der Waals surface area (Å²) in [4.78, 5) is 12.8. The minimum absolute atomic E-state index is 0.0528. The van der Waals surface area contributed by atoms with Crippen LogP contribution in [0.25, 0.3) is 0 Å². The van der Waals surface area contributed by atoms with Crippen LogP contribution in [0.5, 0.6) is 0 Å². The molecule has 2 heterocycles. The molecule has 7 heteroatoms. The highest BCUT2D eigenvalue weighted by Crippen LogP contribution is 2.02. The van der Waals surface area contributed by atoms with Crippen LogP contribution in [0.4, 0.5) is 4.79 Å². The maximum absolute atomic E-state index is 11.1. The van der Waals surface area contributed by atoms with Gasteiger partial charge in [0, 0.05) is 20.1 Å². The van der Waals surface area contributed by atoms with Crippen LogP contribution in [-0.2, 0) is 13.6 Å². The minimum atomic E-state index is -0.0528. The number of nitrogens with zero attached hydrogens (tertiary/aromatic N) is 5. The van der Waals surface area contributed by atoms with Crippen molar-refractivity contribution in [1.29, 1.82) is 0 Å². The Labute approximate surface area is 74.7 Å². The summed E-state index contributed by atoms with van der Waals surface area (Å²) in [7, 11) is 1.75. The molecule has 1 N–H and O–H groups in total. The number of rotatable bonds is 2. The van der Waals surface area contributed by atoms with Crippen LogP contribution in [0.2, 0.25) is 0 Å². The summed E-state index contributed by atoms with van der Waals surface area (Å²) < 4.78 is 1.56. The van der Waals surface area contributed by atoms with Crippen LogP contribution in [0, 0.1) is 0 Å². The number of aromatic nitrogens is 4. The Bertz CT molecular complexity index is 321. The number of carbonyl (C=O) groups excluding carboxylic acids is 1. The number of carbonyl (C=O) groups is 1. The minimum Gasteiger partial charge on any atom is -0.336 e. The molecule has 1 aliphatic rings. The van der Waals surface area contributed by atoms with Gasteiger partial charge in [0.1, 0.15) is 0 Å². The molecule has 13 heavy (non-hydrogen) atoms. The van der Waals surface area contributed by atoms with E-state index in [1.54, 1.807) is 16.6 Å². The fraction of sp³-hybridized carbons (Fsp3) is 0.667. The van der Waals surface area contributed by atoms with Crippen molar-refractivity contribution in [2.24, 2.45) is 7.05 Å². The van der Waals surface area contributed by atoms with Crippen LogP contribution in [0.1, 0.15) is 5.82 Å². The molecule has 2 amide bonds. The average molecular weight is 182 g/mol. The highest BCUT2D eigenvalue weighted by Gasteiger charge is 2.21. The Kier molecular flexibility index (Phi) is 1.84. The fourth-order valence-electron chi connectivity index (χ4n) is 1.21. The summed E-state index contributed by atoms with van der Waals surface area (Å²) in [5.74, 6) is 0.692. The number of amides is 2. The predicted molar refractivity (Wildman–Crippen MR) is 42.6 cm³/mol. The van der Waals surface area contributed by atoms with Gasteiger partial charge in [-0.3, -0.25) is 0 Å². The molecular formula is C6H10N6O. The molecule has 2 rings (SSSR count). The van der Waals surface area contributed by atoms with Crippen molar-refractivity contribution in [2.45, 2.75) is 6.54 Å². The van der Waals surface area contributed by atoms with E-state index in [9.17, 15) is 4.79 Å². The van der Waals surface area contributed by atoms with Gasteiger partial charge in [0.15, 0.2) is 5.82 Å². The van der Waals surface area contributed by atoms with Crippen molar-refractivity contribution in [2.75, 3.05) is 13.1 Å². The Hall–Kier alpha value is -1.66. The molecule has 0 radical (unpaired) electrons. The predicted octanol–water partition coefficient (Wildman–Crippen LogP) is -1.26. The van der Waals surface area contributed by atoms with Crippen LogP contribution >= 0.6 is 0 Å². The first kappa shape index (κ1) is 7.96. The average Bonchev–Trinajstić information content (AvgIpc) is 2.65. The summed E-state index contributed by atoms with van der Waals surface area (Å²) in [5.41, 5.74) is 0. The molecule has 1 aromatic rings. The molecule has 1 aromatic heterocycles. The first-order chi connectivity index (χ1) is 6.27. The van der Waals surface area contributed by atoms with E-state index in [0.29, 0.717) is 25.5 Å². The van der Waals surface area contributed by atoms with E-state index in [1.807, 2.05) is 0 Å². The third-order valence-electron chi connectivity index (χ3n) is 1.99. The largest absolute Gasteiger partial charge is 0.336 e. The number of tetrazole rings is 1. The van der Waals surface area contributed by atoms with Crippen molar-refractivity contribution >= 4 is 6.03 Å². The van der Waals surface area contributed by atoms with Gasteiger partial charge in [-0.2, -0.15) is 0 Å². The second-order valence-corrected chi connectivity index (χ2v) is 2.87. The Morgan fingerprint density at radius 2 is 2.46 bits per heavy atom. The lowest BCUT2D eigenvalue weighted by Gasteiger charge is -2.11. The van der Waals surface area contributed by atoms with Gasteiger partial charge in [0.2, 0.25) is 0 Å². The molecule has 1 saturated heterocycles. The molecule has 70 valence electrons. The maximum atomic E-state index is 11.1. The van der Waals surface area contributed by atoms with E-state index < -0.39 is 0 Å². The topological polar surface area (TPSA) is 75.9 Å². The standard InChI is InChI=1S/C6H10N6O/c1-11-5(8-9-10-11)4-12-3-2-7-6(12)13/h2-4H2,1H3,(H,7,13). The zero-order valence-electron chi connectivity index (χ0n) is 7.27. The number of nitrogens with one attached hydrogen (secondary N) is 1. The number of hydrogen-bond acceptors (Lipinski definition) is 4. The van der Waals surface area contributed by atoms with Gasteiger partial charge < -0.3 is 10.2 Å². The van der Waals surface area contributed by atoms with Gasteiger partial charge in [0.25, 0.3) is 0 Å². The monoisotopic (exact) mass is 182 g/mol. The summed E-state index contributed by atoms with van der Waals surface area (Å²) in [5, 5.41) is 13.7. The summed E-state index contributed by atoms with van der Waals surface area (Å²) >= 11 is 0. The maximum Gasteiger partial charge on any atom is 0.317 e. The van der Waals surface area contributed by atoms with Crippen molar-refractivity contribution in [3.63, 3.8) is 0 Å². The van der Waals surface area contributed by atoms with Crippen molar-refractivity contribution < 1.29 is 4.79 Å². The Morgan fingerprint density at radius 3 is 3.00 bits per heavy atom. The van der Waals surface area contributed by atoms with E-state index in [4.69, 9.17) is 0 Å². The van der Waals surface area contributed by atoms with Gasteiger partial charge in [-0.1, -0.05) is 0 Å². The third kappa shape index (κ3) is 1.44. The molecule has 0 spiro atoms. The SMILES string of the molecule is Cn1nnnc1CN1CCNC1=O. The van der Waals surface area contributed by atoms with Gasteiger partial charge >= 0.3 is 6.03 Å². The normalized spacial score (nSPS) is 16.4. The van der Waals surface area contributed by atoms with Crippen molar-refractivity contribution in [3.8, 4) is 0 Å².